The Morgan fingerprint density at radius 2 is 2.00 bits per heavy atom. The fourth-order valence-electron chi connectivity index (χ4n) is 3.02. The summed E-state index contributed by atoms with van der Waals surface area (Å²) in [6, 6.07) is 8.87. The molecule has 0 saturated carbocycles. The van der Waals surface area contributed by atoms with Crippen molar-refractivity contribution in [2.24, 2.45) is 19.1 Å². The predicted octanol–water partition coefficient (Wildman–Crippen LogP) is 0.896. The van der Waals surface area contributed by atoms with Crippen molar-refractivity contribution in [2.75, 3.05) is 18.9 Å². The summed E-state index contributed by atoms with van der Waals surface area (Å²) in [7, 11) is 2.69. The molecule has 2 heterocycles. The van der Waals surface area contributed by atoms with Gasteiger partial charge in [0.05, 0.1) is 17.5 Å². The maximum Gasteiger partial charge on any atom is 0.333 e. The van der Waals surface area contributed by atoms with Crippen LogP contribution in [0.25, 0.3) is 0 Å². The fraction of sp³-hybridized carbons (Fsp3) is 0.400. The van der Waals surface area contributed by atoms with Crippen molar-refractivity contribution in [1.82, 2.24) is 14.5 Å². The molecule has 1 aromatic heterocycles. The Morgan fingerprint density at radius 3 is 2.67 bits per heavy atom. The molecule has 9 nitrogen and oxygen atoms in total. The van der Waals surface area contributed by atoms with Gasteiger partial charge in [0.2, 0.25) is 11.8 Å². The summed E-state index contributed by atoms with van der Waals surface area (Å²) in [6.45, 7) is 1.13. The second kappa shape index (κ2) is 9.77. The van der Waals surface area contributed by atoms with Crippen LogP contribution in [0.15, 0.2) is 44.9 Å². The van der Waals surface area contributed by atoms with Gasteiger partial charge in [-0.25, -0.2) is 9.79 Å². The van der Waals surface area contributed by atoms with E-state index in [0.29, 0.717) is 18.8 Å². The number of hydrogen-bond acceptors (Lipinski definition) is 7. The number of rotatable bonds is 6. The Hall–Kier alpha value is -2.85. The molecule has 0 aliphatic carbocycles. The number of amides is 1. The number of carbonyl (C=O) groups is 1. The highest BCUT2D eigenvalue weighted by atomic mass is 32.2. The van der Waals surface area contributed by atoms with Crippen LogP contribution in [0.3, 0.4) is 0 Å². The first-order valence-electron chi connectivity index (χ1n) is 9.52. The van der Waals surface area contributed by atoms with E-state index in [1.54, 1.807) is 24.3 Å². The lowest BCUT2D eigenvalue weighted by molar-refractivity contribution is -0.119. The molecular formula is C20H24N4O5S. The lowest BCUT2D eigenvalue weighted by Crippen LogP contribution is -2.40. The number of nitrogens with zero attached hydrogens (tertiary/aromatic N) is 3. The van der Waals surface area contributed by atoms with Gasteiger partial charge in [-0.05, 0) is 25.0 Å². The standard InChI is InChI=1S/C20H24N4O5S/c1-23-18(26)16(19(27)24(2)20(23)28)17(22-13-7-4-3-5-8-13)30-12-15(25)21-11-14-9-6-10-29-14/h3-5,7-8,14,26H,6,9-12H2,1-2H3,(H,21,25)/t14-/m1/s1. The van der Waals surface area contributed by atoms with Gasteiger partial charge in [-0.3, -0.25) is 18.7 Å². The van der Waals surface area contributed by atoms with E-state index in [1.165, 1.54) is 14.1 Å². The minimum atomic E-state index is -0.683. The zero-order valence-corrected chi connectivity index (χ0v) is 17.6. The quantitative estimate of drug-likeness (QED) is 0.518. The number of carbonyl (C=O) groups excluding carboxylic acids is 1. The molecule has 10 heteroatoms. The SMILES string of the molecule is Cn1c(O)c(C(=Nc2ccccc2)SCC(=O)NC[C@H]2CCCO2)c(=O)n(C)c1=O. The first kappa shape index (κ1) is 21.8. The van der Waals surface area contributed by atoms with Crippen LogP contribution in [0.2, 0.25) is 0 Å². The minimum Gasteiger partial charge on any atom is -0.494 e. The average molecular weight is 433 g/mol. The highest BCUT2D eigenvalue weighted by molar-refractivity contribution is 8.15. The van der Waals surface area contributed by atoms with Gasteiger partial charge in [-0.2, -0.15) is 0 Å². The first-order chi connectivity index (χ1) is 14.4. The van der Waals surface area contributed by atoms with Crippen LogP contribution in [-0.2, 0) is 23.6 Å². The number of benzene rings is 1. The third-order valence-electron chi connectivity index (χ3n) is 4.73. The topological polar surface area (TPSA) is 115 Å². The molecule has 1 amide bonds. The molecule has 1 aliphatic rings. The highest BCUT2D eigenvalue weighted by Gasteiger charge is 2.22. The number of para-hydroxylation sites is 1. The summed E-state index contributed by atoms with van der Waals surface area (Å²) in [5, 5.41) is 13.5. The second-order valence-corrected chi connectivity index (χ2v) is 7.85. The van der Waals surface area contributed by atoms with Gasteiger partial charge >= 0.3 is 5.69 Å². The number of aromatic nitrogens is 2. The van der Waals surface area contributed by atoms with Gasteiger partial charge in [-0.15, -0.1) is 0 Å². The van der Waals surface area contributed by atoms with E-state index in [-0.39, 0.29) is 28.4 Å². The maximum atomic E-state index is 12.7. The molecule has 3 rings (SSSR count). The molecule has 1 aromatic carbocycles. The smallest absolute Gasteiger partial charge is 0.333 e. The number of aromatic hydroxyl groups is 1. The first-order valence-corrected chi connectivity index (χ1v) is 10.5. The van der Waals surface area contributed by atoms with Gasteiger partial charge in [0.15, 0.2) is 0 Å². The molecule has 2 aromatic rings. The largest absolute Gasteiger partial charge is 0.494 e. The summed E-state index contributed by atoms with van der Waals surface area (Å²) in [6.07, 6.45) is 1.92. The number of ether oxygens (including phenoxy) is 1. The van der Waals surface area contributed by atoms with Crippen LogP contribution in [0.5, 0.6) is 5.88 Å². The Balaban J connectivity index is 1.87. The minimum absolute atomic E-state index is 0.0101. The average Bonchev–Trinajstić information content (AvgIpc) is 3.27. The molecule has 0 spiro atoms. The number of thioether (sulfide) groups is 1. The van der Waals surface area contributed by atoms with Crippen molar-refractivity contribution in [2.45, 2.75) is 18.9 Å². The molecule has 160 valence electrons. The van der Waals surface area contributed by atoms with Crippen molar-refractivity contribution in [3.8, 4) is 5.88 Å². The summed E-state index contributed by atoms with van der Waals surface area (Å²) in [5.41, 5.74) is -0.910. The van der Waals surface area contributed by atoms with E-state index < -0.39 is 17.1 Å². The van der Waals surface area contributed by atoms with E-state index in [4.69, 9.17) is 4.74 Å². The van der Waals surface area contributed by atoms with E-state index in [1.807, 2.05) is 6.07 Å². The molecule has 1 aliphatic heterocycles. The third-order valence-corrected chi connectivity index (χ3v) is 5.70. The molecule has 30 heavy (non-hydrogen) atoms. The molecule has 1 fully saturated rings. The Kier molecular flexibility index (Phi) is 7.11. The monoisotopic (exact) mass is 432 g/mol. The lowest BCUT2D eigenvalue weighted by atomic mass is 10.2. The molecule has 0 bridgehead atoms. The van der Waals surface area contributed by atoms with Crippen LogP contribution < -0.4 is 16.6 Å². The Morgan fingerprint density at radius 1 is 1.27 bits per heavy atom. The van der Waals surface area contributed by atoms with E-state index in [0.717, 1.165) is 33.7 Å². The summed E-state index contributed by atoms with van der Waals surface area (Å²) < 4.78 is 7.36. The fourth-order valence-corrected chi connectivity index (χ4v) is 3.88. The summed E-state index contributed by atoms with van der Waals surface area (Å²) in [4.78, 5) is 41.5. The Labute approximate surface area is 177 Å². The molecule has 2 N–H and O–H groups in total. The number of aliphatic imine (C=N–C) groups is 1. The van der Waals surface area contributed by atoms with Gasteiger partial charge in [0.1, 0.15) is 10.6 Å². The second-order valence-electron chi connectivity index (χ2n) is 6.88. The normalized spacial score (nSPS) is 16.6. The third kappa shape index (κ3) is 5.00. The maximum absolute atomic E-state index is 12.7. The number of hydrogen-bond donors (Lipinski definition) is 2. The molecule has 0 unspecified atom stereocenters. The van der Waals surface area contributed by atoms with Crippen molar-refractivity contribution < 1.29 is 14.6 Å². The summed E-state index contributed by atoms with van der Waals surface area (Å²) >= 11 is 1.02. The molecule has 0 radical (unpaired) electrons. The van der Waals surface area contributed by atoms with Crippen LogP contribution in [0.1, 0.15) is 18.4 Å². The predicted molar refractivity (Wildman–Crippen MR) is 116 cm³/mol. The molecular weight excluding hydrogens is 408 g/mol. The van der Waals surface area contributed by atoms with E-state index >= 15 is 0 Å². The highest BCUT2D eigenvalue weighted by Crippen LogP contribution is 2.22. The van der Waals surface area contributed by atoms with Gasteiger partial charge in [0.25, 0.3) is 5.56 Å². The molecule has 1 atom stereocenters. The van der Waals surface area contributed by atoms with Crippen LogP contribution in [-0.4, -0.2) is 50.2 Å². The number of nitrogens with one attached hydrogen (secondary N) is 1. The zero-order chi connectivity index (χ0) is 21.7. The molecule has 1 saturated heterocycles. The van der Waals surface area contributed by atoms with Gasteiger partial charge < -0.3 is 15.2 Å². The van der Waals surface area contributed by atoms with Crippen LogP contribution >= 0.6 is 11.8 Å². The Bertz CT molecular complexity index is 1060. The van der Waals surface area contributed by atoms with Crippen molar-refractivity contribution in [3.63, 3.8) is 0 Å². The van der Waals surface area contributed by atoms with E-state index in [9.17, 15) is 19.5 Å². The zero-order valence-electron chi connectivity index (χ0n) is 16.8. The van der Waals surface area contributed by atoms with Gasteiger partial charge in [0, 0.05) is 27.2 Å². The van der Waals surface area contributed by atoms with Gasteiger partial charge in [-0.1, -0.05) is 30.0 Å². The van der Waals surface area contributed by atoms with Crippen molar-refractivity contribution >= 4 is 28.4 Å². The lowest BCUT2D eigenvalue weighted by Gasteiger charge is -2.13. The summed E-state index contributed by atoms with van der Waals surface area (Å²) in [5.74, 6) is -0.744. The van der Waals surface area contributed by atoms with Crippen LogP contribution in [0, 0.1) is 0 Å². The van der Waals surface area contributed by atoms with E-state index in [2.05, 4.69) is 10.3 Å². The van der Waals surface area contributed by atoms with Crippen LogP contribution in [0.4, 0.5) is 5.69 Å². The van der Waals surface area contributed by atoms with Crippen molar-refractivity contribution in [3.05, 3.63) is 56.7 Å². The van der Waals surface area contributed by atoms with Crippen molar-refractivity contribution in [1.29, 1.82) is 0 Å².